The van der Waals surface area contributed by atoms with E-state index in [1.54, 1.807) is 0 Å². The normalized spacial score (nSPS) is 22.7. The molecule has 1 rings (SSSR count). The molecule has 0 bridgehead atoms. The first-order valence-electron chi connectivity index (χ1n) is 5.86. The first-order chi connectivity index (χ1) is 7.64. The van der Waals surface area contributed by atoms with Crippen LogP contribution in [0.25, 0.3) is 0 Å². The van der Waals surface area contributed by atoms with Crippen molar-refractivity contribution in [3.8, 4) is 0 Å². The van der Waals surface area contributed by atoms with E-state index in [1.165, 1.54) is 11.5 Å². The van der Waals surface area contributed by atoms with Crippen LogP contribution in [0.4, 0.5) is 0 Å². The van der Waals surface area contributed by atoms with E-state index < -0.39 is 5.60 Å². The molecule has 1 aliphatic heterocycles. The van der Waals surface area contributed by atoms with Crippen LogP contribution in [-0.2, 0) is 0 Å². The molecular weight excluding hydrogens is 242 g/mol. The highest BCUT2D eigenvalue weighted by Gasteiger charge is 2.21. The number of nitrogens with one attached hydrogen (secondary N) is 1. The molecular formula is C11H23NO2S2. The smallest absolute Gasteiger partial charge is 0.0744 e. The molecule has 0 amide bonds. The highest BCUT2D eigenvalue weighted by molar-refractivity contribution is 8.03. The molecule has 0 aromatic carbocycles. The zero-order chi connectivity index (χ0) is 11.9. The van der Waals surface area contributed by atoms with Crippen LogP contribution in [0.15, 0.2) is 0 Å². The number of rotatable bonds is 6. The van der Waals surface area contributed by atoms with E-state index in [-0.39, 0.29) is 6.61 Å². The lowest BCUT2D eigenvalue weighted by Crippen LogP contribution is -2.44. The minimum Gasteiger partial charge on any atom is -0.396 e. The zero-order valence-electron chi connectivity index (χ0n) is 9.95. The van der Waals surface area contributed by atoms with Gasteiger partial charge in [-0.25, -0.2) is 0 Å². The van der Waals surface area contributed by atoms with Crippen molar-refractivity contribution >= 4 is 23.5 Å². The van der Waals surface area contributed by atoms with Gasteiger partial charge in [-0.1, -0.05) is 0 Å². The molecule has 0 aliphatic carbocycles. The van der Waals surface area contributed by atoms with Gasteiger partial charge >= 0.3 is 0 Å². The Balaban J connectivity index is 2.20. The average Bonchev–Trinajstić information content (AvgIpc) is 2.52. The van der Waals surface area contributed by atoms with E-state index in [4.69, 9.17) is 5.11 Å². The fourth-order valence-corrected chi connectivity index (χ4v) is 4.11. The molecule has 3 N–H and O–H groups in total. The van der Waals surface area contributed by atoms with Gasteiger partial charge in [-0.15, -0.1) is 0 Å². The van der Waals surface area contributed by atoms with Gasteiger partial charge in [0.05, 0.1) is 5.60 Å². The summed E-state index contributed by atoms with van der Waals surface area (Å²) >= 11 is 3.97. The van der Waals surface area contributed by atoms with Crippen LogP contribution in [0.3, 0.4) is 0 Å². The van der Waals surface area contributed by atoms with Crippen molar-refractivity contribution in [1.82, 2.24) is 5.32 Å². The van der Waals surface area contributed by atoms with Crippen LogP contribution in [0.1, 0.15) is 19.8 Å². The Labute approximate surface area is 107 Å². The Hall–Kier alpha value is 0.580. The minimum atomic E-state index is -0.690. The molecule has 3 nitrogen and oxygen atoms in total. The van der Waals surface area contributed by atoms with Gasteiger partial charge in [0.15, 0.2) is 0 Å². The van der Waals surface area contributed by atoms with Crippen molar-refractivity contribution in [2.75, 3.05) is 36.2 Å². The number of hydrogen-bond acceptors (Lipinski definition) is 5. The Bertz CT molecular complexity index is 183. The molecule has 0 radical (unpaired) electrons. The van der Waals surface area contributed by atoms with Gasteiger partial charge in [-0.3, -0.25) is 0 Å². The number of thioether (sulfide) groups is 2. The number of hydrogen-bond donors (Lipinski definition) is 3. The first-order valence-corrected chi connectivity index (χ1v) is 8.17. The fourth-order valence-electron chi connectivity index (χ4n) is 1.65. The summed E-state index contributed by atoms with van der Waals surface area (Å²) in [6.07, 6.45) is 1.33. The molecule has 0 aromatic rings. The van der Waals surface area contributed by atoms with Crippen LogP contribution >= 0.6 is 23.5 Å². The van der Waals surface area contributed by atoms with Crippen LogP contribution in [0.2, 0.25) is 0 Å². The van der Waals surface area contributed by atoms with Crippen molar-refractivity contribution in [1.29, 1.82) is 0 Å². The van der Waals surface area contributed by atoms with Crippen molar-refractivity contribution in [2.45, 2.75) is 31.4 Å². The fraction of sp³-hybridized carbons (Fsp3) is 1.00. The topological polar surface area (TPSA) is 52.5 Å². The van der Waals surface area contributed by atoms with E-state index in [1.807, 2.05) is 30.4 Å². The lowest BCUT2D eigenvalue weighted by molar-refractivity contribution is 0.0422. The van der Waals surface area contributed by atoms with Gasteiger partial charge < -0.3 is 15.5 Å². The Morgan fingerprint density at radius 2 is 1.94 bits per heavy atom. The molecule has 0 unspecified atom stereocenters. The summed E-state index contributed by atoms with van der Waals surface area (Å²) < 4.78 is 0. The largest absolute Gasteiger partial charge is 0.396 e. The summed E-state index contributed by atoms with van der Waals surface area (Å²) in [5.41, 5.74) is -0.690. The molecule has 1 atom stereocenters. The summed E-state index contributed by atoms with van der Waals surface area (Å²) in [4.78, 5) is 0. The highest BCUT2D eigenvalue weighted by atomic mass is 32.2. The van der Waals surface area contributed by atoms with Crippen LogP contribution in [0.5, 0.6) is 0 Å². The van der Waals surface area contributed by atoms with E-state index in [0.717, 1.165) is 11.5 Å². The number of aliphatic hydroxyl groups excluding tert-OH is 1. The summed E-state index contributed by atoms with van der Waals surface area (Å²) in [7, 11) is 0. The summed E-state index contributed by atoms with van der Waals surface area (Å²) in [6, 6.07) is 0.512. The van der Waals surface area contributed by atoms with Crippen molar-refractivity contribution in [3.63, 3.8) is 0 Å². The van der Waals surface area contributed by atoms with Crippen LogP contribution in [0, 0.1) is 0 Å². The maximum Gasteiger partial charge on any atom is 0.0744 e. The Kier molecular flexibility index (Phi) is 7.16. The SMILES string of the molecule is C[C@](O)(CCCO)CNC1CSCCSC1. The summed E-state index contributed by atoms with van der Waals surface area (Å²) in [6.45, 7) is 2.62. The third kappa shape index (κ3) is 6.35. The molecule has 5 heteroatoms. The van der Waals surface area contributed by atoms with Crippen molar-refractivity contribution < 1.29 is 10.2 Å². The van der Waals surface area contributed by atoms with Crippen LogP contribution in [-0.4, -0.2) is 58.0 Å². The lowest BCUT2D eigenvalue weighted by Gasteiger charge is -2.26. The van der Waals surface area contributed by atoms with Gasteiger partial charge in [0.25, 0.3) is 0 Å². The molecule has 0 saturated carbocycles. The highest BCUT2D eigenvalue weighted by Crippen LogP contribution is 2.17. The maximum atomic E-state index is 10.1. The summed E-state index contributed by atoms with van der Waals surface area (Å²) in [5, 5.41) is 22.2. The molecule has 0 spiro atoms. The molecule has 96 valence electrons. The third-order valence-corrected chi connectivity index (χ3v) is 5.18. The zero-order valence-corrected chi connectivity index (χ0v) is 11.6. The van der Waals surface area contributed by atoms with E-state index in [0.29, 0.717) is 25.4 Å². The predicted molar refractivity (Wildman–Crippen MR) is 73.4 cm³/mol. The van der Waals surface area contributed by atoms with Gasteiger partial charge in [0.1, 0.15) is 0 Å². The second-order valence-electron chi connectivity index (χ2n) is 4.55. The third-order valence-electron chi connectivity index (χ3n) is 2.66. The summed E-state index contributed by atoms with van der Waals surface area (Å²) in [5.74, 6) is 4.76. The van der Waals surface area contributed by atoms with Crippen molar-refractivity contribution in [3.05, 3.63) is 0 Å². The Morgan fingerprint density at radius 3 is 2.50 bits per heavy atom. The molecule has 1 heterocycles. The average molecular weight is 265 g/mol. The van der Waals surface area contributed by atoms with E-state index in [9.17, 15) is 5.11 Å². The standard InChI is InChI=1S/C11H23NO2S2/c1-11(14,3-2-4-13)9-12-10-7-15-5-6-16-8-10/h10,12-14H,2-9H2,1H3/t11-/m0/s1. The minimum absolute atomic E-state index is 0.158. The quantitative estimate of drug-likeness (QED) is 0.667. The Morgan fingerprint density at radius 1 is 1.31 bits per heavy atom. The second kappa shape index (κ2) is 7.82. The van der Waals surface area contributed by atoms with Gasteiger partial charge in [-0.2, -0.15) is 23.5 Å². The molecule has 16 heavy (non-hydrogen) atoms. The molecule has 1 aliphatic rings. The van der Waals surface area contributed by atoms with Gasteiger partial charge in [0.2, 0.25) is 0 Å². The van der Waals surface area contributed by atoms with E-state index in [2.05, 4.69) is 5.32 Å². The molecule has 1 saturated heterocycles. The number of aliphatic hydroxyl groups is 2. The van der Waals surface area contributed by atoms with Crippen LogP contribution < -0.4 is 5.32 Å². The predicted octanol–water partition coefficient (Wildman–Crippen LogP) is 0.948. The molecule has 0 aromatic heterocycles. The first kappa shape index (κ1) is 14.6. The second-order valence-corrected chi connectivity index (χ2v) is 6.85. The van der Waals surface area contributed by atoms with Gasteiger partial charge in [0, 0.05) is 42.2 Å². The maximum absolute atomic E-state index is 10.1. The monoisotopic (exact) mass is 265 g/mol. The lowest BCUT2D eigenvalue weighted by atomic mass is 10.0. The molecule has 1 fully saturated rings. The van der Waals surface area contributed by atoms with E-state index >= 15 is 0 Å². The van der Waals surface area contributed by atoms with Gasteiger partial charge in [-0.05, 0) is 19.8 Å². The van der Waals surface area contributed by atoms with Crippen molar-refractivity contribution in [2.24, 2.45) is 0 Å².